The van der Waals surface area contributed by atoms with E-state index in [0.717, 1.165) is 22.9 Å². The van der Waals surface area contributed by atoms with Gasteiger partial charge in [0.15, 0.2) is 0 Å². The molecule has 0 fully saturated rings. The third-order valence-electron chi connectivity index (χ3n) is 2.66. The smallest absolute Gasteiger partial charge is 0.216 e. The van der Waals surface area contributed by atoms with Crippen molar-refractivity contribution in [1.82, 2.24) is 10.3 Å². The number of H-pyrrole nitrogens is 1. The largest absolute Gasteiger partial charge is 0.497 e. The lowest BCUT2D eigenvalue weighted by Gasteiger charge is -2.03. The van der Waals surface area contributed by atoms with Crippen LogP contribution in [-0.4, -0.2) is 24.5 Å². The molecular weight excluding hydrogens is 216 g/mol. The van der Waals surface area contributed by atoms with Gasteiger partial charge < -0.3 is 15.0 Å². The zero-order valence-electron chi connectivity index (χ0n) is 11.0. The number of aromatic amines is 1. The van der Waals surface area contributed by atoms with Crippen LogP contribution in [0.1, 0.15) is 13.9 Å². The Morgan fingerprint density at radius 3 is 3.18 bits per heavy atom. The van der Waals surface area contributed by atoms with Gasteiger partial charge in [0.2, 0.25) is 5.91 Å². The minimum atomic E-state index is -0.0270. The number of methoxy groups -OCH3 is 1. The van der Waals surface area contributed by atoms with Crippen molar-refractivity contribution < 1.29 is 10.9 Å². The standard InChI is InChI=1S/C13H16N2O2/c1-9(16)14-6-5-10-8-15-13-4-3-11(17-2)7-12(10)13/h3-4,7-8,15H,5-6H2,1-2H3,(H,14,16)/i3D. The van der Waals surface area contributed by atoms with E-state index in [4.69, 9.17) is 6.11 Å². The van der Waals surface area contributed by atoms with Crippen LogP contribution in [0.4, 0.5) is 0 Å². The Hall–Kier alpha value is -1.97. The zero-order chi connectivity index (χ0) is 13.1. The molecule has 2 rings (SSSR count). The lowest BCUT2D eigenvalue weighted by Crippen LogP contribution is -2.22. The number of carbonyl (C=O) groups excluding carboxylic acids is 1. The molecule has 0 atom stereocenters. The first-order valence-corrected chi connectivity index (χ1v) is 5.51. The van der Waals surface area contributed by atoms with Gasteiger partial charge in [-0.15, -0.1) is 0 Å². The monoisotopic (exact) mass is 233 g/mol. The number of fused-ring (bicyclic) bond motifs is 1. The van der Waals surface area contributed by atoms with Crippen LogP contribution in [0.15, 0.2) is 24.4 Å². The number of amides is 1. The van der Waals surface area contributed by atoms with Crippen LogP contribution in [0.25, 0.3) is 10.9 Å². The zero-order valence-corrected chi connectivity index (χ0v) is 9.96. The Morgan fingerprint density at radius 2 is 2.47 bits per heavy atom. The highest BCUT2D eigenvalue weighted by molar-refractivity contribution is 5.84. The summed E-state index contributed by atoms with van der Waals surface area (Å²) in [7, 11) is 1.56. The van der Waals surface area contributed by atoms with Crippen LogP contribution < -0.4 is 10.1 Å². The molecule has 90 valence electrons. The Bertz CT molecular complexity index is 578. The van der Waals surface area contributed by atoms with Crippen molar-refractivity contribution in [2.75, 3.05) is 13.7 Å². The second-order valence-corrected chi connectivity index (χ2v) is 3.88. The van der Waals surface area contributed by atoms with E-state index in [1.807, 2.05) is 12.3 Å². The molecule has 4 heteroatoms. The lowest BCUT2D eigenvalue weighted by atomic mass is 10.1. The summed E-state index contributed by atoms with van der Waals surface area (Å²) in [6.45, 7) is 2.11. The minimum absolute atomic E-state index is 0.0270. The minimum Gasteiger partial charge on any atom is -0.497 e. The topological polar surface area (TPSA) is 54.1 Å². The predicted molar refractivity (Wildman–Crippen MR) is 67.2 cm³/mol. The average Bonchev–Trinajstić information content (AvgIpc) is 2.70. The third-order valence-corrected chi connectivity index (χ3v) is 2.66. The molecule has 0 bridgehead atoms. The maximum atomic E-state index is 10.8. The molecule has 0 saturated heterocycles. The summed E-state index contributed by atoms with van der Waals surface area (Å²) in [6, 6.07) is 3.97. The second kappa shape index (κ2) is 4.91. The lowest BCUT2D eigenvalue weighted by molar-refractivity contribution is -0.118. The number of ether oxygens (including phenoxy) is 1. The quantitative estimate of drug-likeness (QED) is 0.846. The molecule has 0 aliphatic carbocycles. The molecule has 17 heavy (non-hydrogen) atoms. The van der Waals surface area contributed by atoms with Crippen molar-refractivity contribution in [2.24, 2.45) is 0 Å². The number of hydrogen-bond acceptors (Lipinski definition) is 2. The molecule has 0 spiro atoms. The fraction of sp³-hybridized carbons (Fsp3) is 0.308. The second-order valence-electron chi connectivity index (χ2n) is 3.88. The van der Waals surface area contributed by atoms with Crippen molar-refractivity contribution in [3.8, 4) is 5.75 Å². The van der Waals surface area contributed by atoms with Gasteiger partial charge in [-0.2, -0.15) is 0 Å². The number of benzene rings is 1. The maximum absolute atomic E-state index is 10.8. The van der Waals surface area contributed by atoms with Crippen molar-refractivity contribution in [1.29, 1.82) is 0 Å². The van der Waals surface area contributed by atoms with Gasteiger partial charge in [0.1, 0.15) is 5.75 Å². The van der Waals surface area contributed by atoms with E-state index in [-0.39, 0.29) is 5.91 Å². The van der Waals surface area contributed by atoms with Gasteiger partial charge in [0.25, 0.3) is 0 Å². The van der Waals surface area contributed by atoms with Gasteiger partial charge in [0.05, 0.1) is 8.48 Å². The van der Waals surface area contributed by atoms with Gasteiger partial charge in [0, 0.05) is 30.6 Å². The van der Waals surface area contributed by atoms with Gasteiger partial charge in [-0.25, -0.2) is 0 Å². The Labute approximate surface area is 101 Å². The number of rotatable bonds is 4. The summed E-state index contributed by atoms with van der Waals surface area (Å²) >= 11 is 0. The Balaban J connectivity index is 2.26. The van der Waals surface area contributed by atoms with E-state index in [1.165, 1.54) is 6.92 Å². The van der Waals surface area contributed by atoms with Crippen LogP contribution in [0.5, 0.6) is 5.75 Å². The highest BCUT2D eigenvalue weighted by atomic mass is 16.5. The van der Waals surface area contributed by atoms with Crippen LogP contribution in [0.3, 0.4) is 0 Å². The number of hydrogen-bond donors (Lipinski definition) is 2. The molecule has 0 radical (unpaired) electrons. The van der Waals surface area contributed by atoms with E-state index < -0.39 is 0 Å². The number of nitrogens with one attached hydrogen (secondary N) is 2. The summed E-state index contributed by atoms with van der Waals surface area (Å²) < 4.78 is 12.9. The van der Waals surface area contributed by atoms with E-state index >= 15 is 0 Å². The summed E-state index contributed by atoms with van der Waals surface area (Å²) in [5.41, 5.74) is 2.02. The molecule has 1 amide bonds. The van der Waals surface area contributed by atoms with Crippen LogP contribution in [0.2, 0.25) is 0 Å². The van der Waals surface area contributed by atoms with Crippen LogP contribution >= 0.6 is 0 Å². The Morgan fingerprint density at radius 1 is 1.65 bits per heavy atom. The van der Waals surface area contributed by atoms with E-state index in [0.29, 0.717) is 18.3 Å². The molecule has 0 aliphatic rings. The number of carbonyl (C=O) groups is 1. The molecule has 4 nitrogen and oxygen atoms in total. The SMILES string of the molecule is [2H]c1cc2[nH]cc(CCNC(C)=O)c2cc1OC. The molecular formula is C13H16N2O2. The highest BCUT2D eigenvalue weighted by Gasteiger charge is 2.05. The van der Waals surface area contributed by atoms with E-state index in [1.54, 1.807) is 13.2 Å². The molecule has 2 aromatic rings. The molecule has 0 saturated carbocycles. The third kappa shape index (κ3) is 2.58. The van der Waals surface area contributed by atoms with Gasteiger partial charge in [-0.05, 0) is 30.2 Å². The van der Waals surface area contributed by atoms with Crippen molar-refractivity contribution >= 4 is 16.8 Å². The molecule has 0 unspecified atom stereocenters. The molecule has 1 heterocycles. The normalized spacial score (nSPS) is 11.3. The summed E-state index contributed by atoms with van der Waals surface area (Å²) in [5.74, 6) is 0.531. The fourth-order valence-corrected chi connectivity index (χ4v) is 1.80. The first kappa shape index (κ1) is 10.2. The van der Waals surface area contributed by atoms with Crippen molar-refractivity contribution in [3.63, 3.8) is 0 Å². The average molecular weight is 233 g/mol. The van der Waals surface area contributed by atoms with E-state index in [2.05, 4.69) is 10.3 Å². The van der Waals surface area contributed by atoms with Crippen LogP contribution in [0, 0.1) is 0 Å². The summed E-state index contributed by atoms with van der Waals surface area (Å²) in [5, 5.41) is 3.80. The molecule has 1 aromatic heterocycles. The first-order chi connectivity index (χ1) is 8.61. The van der Waals surface area contributed by atoms with Gasteiger partial charge >= 0.3 is 0 Å². The predicted octanol–water partition coefficient (Wildman–Crippen LogP) is 1.86. The fourth-order valence-electron chi connectivity index (χ4n) is 1.80. The molecule has 0 aliphatic heterocycles. The molecule has 1 aromatic carbocycles. The first-order valence-electron chi connectivity index (χ1n) is 6.01. The summed E-state index contributed by atoms with van der Waals surface area (Å²) in [4.78, 5) is 13.9. The van der Waals surface area contributed by atoms with Crippen molar-refractivity contribution in [3.05, 3.63) is 29.9 Å². The van der Waals surface area contributed by atoms with Gasteiger partial charge in [-0.3, -0.25) is 4.79 Å². The van der Waals surface area contributed by atoms with Gasteiger partial charge in [-0.1, -0.05) is 0 Å². The van der Waals surface area contributed by atoms with Crippen molar-refractivity contribution in [2.45, 2.75) is 13.3 Å². The summed E-state index contributed by atoms with van der Waals surface area (Å²) in [6.07, 6.45) is 2.66. The van der Waals surface area contributed by atoms with E-state index in [9.17, 15) is 4.79 Å². The molecule has 2 N–H and O–H groups in total. The van der Waals surface area contributed by atoms with Crippen LogP contribution in [-0.2, 0) is 11.2 Å². The maximum Gasteiger partial charge on any atom is 0.216 e. The Kier molecular flexibility index (Phi) is 2.95. The highest BCUT2D eigenvalue weighted by Crippen LogP contribution is 2.23. The number of aromatic nitrogens is 1.